The molecule has 14 heavy (non-hydrogen) atoms. The zero-order valence-corrected chi connectivity index (χ0v) is 8.23. The highest BCUT2D eigenvalue weighted by Crippen LogP contribution is 2.26. The number of nitrogens with zero attached hydrogens (tertiary/aromatic N) is 1. The number of ether oxygens (including phenoxy) is 1. The van der Waals surface area contributed by atoms with Crippen molar-refractivity contribution in [3.63, 3.8) is 0 Å². The van der Waals surface area contributed by atoms with Gasteiger partial charge in [-0.05, 0) is 12.1 Å². The Kier molecular flexibility index (Phi) is 3.48. The van der Waals surface area contributed by atoms with Crippen LogP contribution >= 0.6 is 0 Å². The number of carbonyl (C=O) groups is 1. The zero-order chi connectivity index (χ0) is 10.6. The van der Waals surface area contributed by atoms with Gasteiger partial charge in [-0.3, -0.25) is 4.79 Å². The van der Waals surface area contributed by atoms with Gasteiger partial charge in [0, 0.05) is 7.05 Å². The molecular weight excluding hydrogens is 182 g/mol. The number of aliphatic hydroxyl groups excluding tert-OH is 1. The maximum absolute atomic E-state index is 11.2. The third-order valence-corrected chi connectivity index (χ3v) is 1.96. The van der Waals surface area contributed by atoms with E-state index in [0.29, 0.717) is 11.4 Å². The second-order valence-electron chi connectivity index (χ2n) is 2.78. The molecule has 1 N–H and O–H groups in total. The zero-order valence-electron chi connectivity index (χ0n) is 8.23. The van der Waals surface area contributed by atoms with E-state index in [2.05, 4.69) is 0 Å². The van der Waals surface area contributed by atoms with Crippen molar-refractivity contribution in [2.75, 3.05) is 25.7 Å². The van der Waals surface area contributed by atoms with E-state index >= 15 is 0 Å². The molecule has 4 nitrogen and oxygen atoms in total. The lowest BCUT2D eigenvalue weighted by Crippen LogP contribution is -2.29. The number of para-hydroxylation sites is 2. The van der Waals surface area contributed by atoms with Crippen LogP contribution in [0.5, 0.6) is 5.75 Å². The van der Waals surface area contributed by atoms with Gasteiger partial charge in [0.25, 0.3) is 5.91 Å². The molecule has 1 amide bonds. The smallest absolute Gasteiger partial charge is 0.252 e. The number of hydrogen-bond acceptors (Lipinski definition) is 3. The molecule has 0 bridgehead atoms. The van der Waals surface area contributed by atoms with Gasteiger partial charge in [-0.1, -0.05) is 12.1 Å². The van der Waals surface area contributed by atoms with E-state index in [1.54, 1.807) is 25.2 Å². The summed E-state index contributed by atoms with van der Waals surface area (Å²) in [5.41, 5.74) is 0.647. The third-order valence-electron chi connectivity index (χ3n) is 1.96. The van der Waals surface area contributed by atoms with Gasteiger partial charge in [0.05, 0.1) is 12.8 Å². The van der Waals surface area contributed by atoms with E-state index in [-0.39, 0.29) is 5.91 Å². The molecule has 0 unspecified atom stereocenters. The standard InChI is InChI=1S/C10H13NO3/c1-11(10(13)7-12)8-5-3-4-6-9(8)14-2/h3-6,12H,7H2,1-2H3. The summed E-state index contributed by atoms with van der Waals surface area (Å²) in [5.74, 6) is 0.242. The number of benzene rings is 1. The highest BCUT2D eigenvalue weighted by Gasteiger charge is 2.12. The van der Waals surface area contributed by atoms with Crippen LogP contribution in [0.2, 0.25) is 0 Å². The fourth-order valence-electron chi connectivity index (χ4n) is 1.15. The van der Waals surface area contributed by atoms with Gasteiger partial charge in [-0.25, -0.2) is 0 Å². The molecule has 0 aliphatic heterocycles. The minimum absolute atomic E-state index is 0.366. The van der Waals surface area contributed by atoms with Crippen molar-refractivity contribution in [1.29, 1.82) is 0 Å². The predicted octanol–water partition coefficient (Wildman–Crippen LogP) is 0.650. The van der Waals surface area contributed by atoms with E-state index in [4.69, 9.17) is 9.84 Å². The molecule has 0 aromatic heterocycles. The summed E-state index contributed by atoms with van der Waals surface area (Å²) in [4.78, 5) is 12.6. The number of methoxy groups -OCH3 is 1. The highest BCUT2D eigenvalue weighted by molar-refractivity contribution is 5.94. The van der Waals surface area contributed by atoms with Crippen LogP contribution in [0, 0.1) is 0 Å². The summed E-state index contributed by atoms with van der Waals surface area (Å²) in [6.45, 7) is -0.505. The van der Waals surface area contributed by atoms with Crippen molar-refractivity contribution in [1.82, 2.24) is 0 Å². The van der Waals surface area contributed by atoms with Crippen LogP contribution in [-0.2, 0) is 4.79 Å². The first-order valence-electron chi connectivity index (χ1n) is 4.21. The van der Waals surface area contributed by atoms with Crippen molar-refractivity contribution in [2.45, 2.75) is 0 Å². The molecule has 1 aromatic carbocycles. The average molecular weight is 195 g/mol. The Morgan fingerprint density at radius 2 is 2.14 bits per heavy atom. The van der Waals surface area contributed by atoms with Crippen LogP contribution in [0.15, 0.2) is 24.3 Å². The third kappa shape index (κ3) is 2.03. The first-order valence-corrected chi connectivity index (χ1v) is 4.21. The van der Waals surface area contributed by atoms with E-state index < -0.39 is 6.61 Å². The molecule has 0 aliphatic carbocycles. The van der Waals surface area contributed by atoms with Crippen molar-refractivity contribution >= 4 is 11.6 Å². The van der Waals surface area contributed by atoms with Crippen LogP contribution in [0.4, 0.5) is 5.69 Å². The molecule has 0 atom stereocenters. The number of anilines is 1. The van der Waals surface area contributed by atoms with Crippen LogP contribution in [-0.4, -0.2) is 31.8 Å². The maximum Gasteiger partial charge on any atom is 0.252 e. The first-order chi connectivity index (χ1) is 6.70. The monoisotopic (exact) mass is 195 g/mol. The number of hydrogen-bond donors (Lipinski definition) is 1. The summed E-state index contributed by atoms with van der Waals surface area (Å²) < 4.78 is 5.09. The normalized spacial score (nSPS) is 9.64. The number of rotatable bonds is 3. The summed E-state index contributed by atoms with van der Waals surface area (Å²) in [7, 11) is 3.13. The van der Waals surface area contributed by atoms with Gasteiger partial charge in [-0.15, -0.1) is 0 Å². The molecule has 4 heteroatoms. The summed E-state index contributed by atoms with van der Waals surface area (Å²) in [5, 5.41) is 8.70. The van der Waals surface area contributed by atoms with Crippen LogP contribution in [0.25, 0.3) is 0 Å². The molecule has 0 saturated carbocycles. The Balaban J connectivity index is 2.99. The quantitative estimate of drug-likeness (QED) is 0.770. The molecule has 0 radical (unpaired) electrons. The Labute approximate surface area is 82.7 Å². The number of carbonyl (C=O) groups excluding carboxylic acids is 1. The molecule has 1 rings (SSSR count). The van der Waals surface area contributed by atoms with E-state index in [9.17, 15) is 4.79 Å². The van der Waals surface area contributed by atoms with E-state index in [0.717, 1.165) is 0 Å². The van der Waals surface area contributed by atoms with Crippen molar-refractivity contribution in [3.8, 4) is 5.75 Å². The van der Waals surface area contributed by atoms with E-state index in [1.165, 1.54) is 12.0 Å². The predicted molar refractivity (Wildman–Crippen MR) is 53.5 cm³/mol. The Hall–Kier alpha value is -1.55. The Morgan fingerprint density at radius 3 is 2.71 bits per heavy atom. The minimum Gasteiger partial charge on any atom is -0.495 e. The van der Waals surface area contributed by atoms with Crippen molar-refractivity contribution in [2.24, 2.45) is 0 Å². The van der Waals surface area contributed by atoms with Gasteiger partial charge in [-0.2, -0.15) is 0 Å². The molecule has 0 aliphatic rings. The largest absolute Gasteiger partial charge is 0.495 e. The maximum atomic E-state index is 11.2. The lowest BCUT2D eigenvalue weighted by atomic mass is 10.2. The van der Waals surface area contributed by atoms with Gasteiger partial charge in [0.2, 0.25) is 0 Å². The van der Waals surface area contributed by atoms with Gasteiger partial charge in [0.15, 0.2) is 0 Å². The molecular formula is C10H13NO3. The molecule has 0 heterocycles. The lowest BCUT2D eigenvalue weighted by Gasteiger charge is -2.18. The summed E-state index contributed by atoms with van der Waals surface area (Å²) in [6.07, 6.45) is 0. The van der Waals surface area contributed by atoms with E-state index in [1.807, 2.05) is 6.07 Å². The lowest BCUT2D eigenvalue weighted by molar-refractivity contribution is -0.120. The van der Waals surface area contributed by atoms with Crippen molar-refractivity contribution in [3.05, 3.63) is 24.3 Å². The topological polar surface area (TPSA) is 49.8 Å². The minimum atomic E-state index is -0.505. The van der Waals surface area contributed by atoms with Crippen LogP contribution < -0.4 is 9.64 Å². The molecule has 0 fully saturated rings. The number of aliphatic hydroxyl groups is 1. The average Bonchev–Trinajstić information content (AvgIpc) is 2.26. The SMILES string of the molecule is COc1ccccc1N(C)C(=O)CO. The second-order valence-corrected chi connectivity index (χ2v) is 2.78. The highest BCUT2D eigenvalue weighted by atomic mass is 16.5. The second kappa shape index (κ2) is 4.62. The molecule has 76 valence electrons. The fourth-order valence-corrected chi connectivity index (χ4v) is 1.15. The Bertz CT molecular complexity index is 325. The van der Waals surface area contributed by atoms with Gasteiger partial charge >= 0.3 is 0 Å². The molecule has 0 spiro atoms. The van der Waals surface area contributed by atoms with Crippen LogP contribution in [0.3, 0.4) is 0 Å². The van der Waals surface area contributed by atoms with Crippen molar-refractivity contribution < 1.29 is 14.6 Å². The summed E-state index contributed by atoms with van der Waals surface area (Å²) in [6, 6.07) is 7.14. The Morgan fingerprint density at radius 1 is 1.50 bits per heavy atom. The fraction of sp³-hybridized carbons (Fsp3) is 0.300. The molecule has 1 aromatic rings. The van der Waals surface area contributed by atoms with Crippen LogP contribution in [0.1, 0.15) is 0 Å². The number of amides is 1. The summed E-state index contributed by atoms with van der Waals surface area (Å²) >= 11 is 0. The van der Waals surface area contributed by atoms with Gasteiger partial charge < -0.3 is 14.7 Å². The number of likely N-dealkylation sites (N-methyl/N-ethyl adjacent to an activating group) is 1. The van der Waals surface area contributed by atoms with Gasteiger partial charge in [0.1, 0.15) is 12.4 Å². The first kappa shape index (κ1) is 10.5. The molecule has 0 saturated heterocycles.